The molecule has 6 rings (SSSR count). The first kappa shape index (κ1) is 32.7. The van der Waals surface area contributed by atoms with Gasteiger partial charge in [0.25, 0.3) is 0 Å². The monoisotopic (exact) mass is 668 g/mol. The summed E-state index contributed by atoms with van der Waals surface area (Å²) < 4.78 is 2.16. The molecule has 0 aromatic heterocycles. The Morgan fingerprint density at radius 1 is 0.595 bits per heavy atom. The van der Waals surface area contributed by atoms with Crippen molar-refractivity contribution in [1.29, 1.82) is 0 Å². The van der Waals surface area contributed by atoms with Crippen LogP contribution in [0.1, 0.15) is 103 Å². The SMILES string of the molecule is CC1C(c2ccccc2)=[C]([Zr+2][CH]2C(c3cc(C(C)(C)C)cc(C(C)(C)C)c3)=Cc3ccccc32)c2ccccc21.[Cl-].[Cl-]. The van der Waals surface area contributed by atoms with Crippen molar-refractivity contribution >= 4 is 20.5 Å². The smallest absolute Gasteiger partial charge is 1.00 e. The fraction of sp³-hybridized carbons (Fsp3) is 0.282. The van der Waals surface area contributed by atoms with Crippen molar-refractivity contribution in [2.24, 2.45) is 0 Å². The van der Waals surface area contributed by atoms with Crippen molar-refractivity contribution in [3.63, 3.8) is 0 Å². The van der Waals surface area contributed by atoms with Gasteiger partial charge in [0.1, 0.15) is 0 Å². The van der Waals surface area contributed by atoms with Crippen LogP contribution in [0.5, 0.6) is 0 Å². The van der Waals surface area contributed by atoms with Crippen molar-refractivity contribution in [2.45, 2.75) is 68.8 Å². The van der Waals surface area contributed by atoms with E-state index in [0.29, 0.717) is 9.54 Å². The van der Waals surface area contributed by atoms with Gasteiger partial charge in [-0.2, -0.15) is 0 Å². The van der Waals surface area contributed by atoms with Crippen molar-refractivity contribution in [3.8, 4) is 0 Å². The summed E-state index contributed by atoms with van der Waals surface area (Å²) in [4.78, 5) is 0. The number of benzene rings is 4. The summed E-state index contributed by atoms with van der Waals surface area (Å²) in [5, 5.41) is 0. The molecule has 0 bridgehead atoms. The first-order valence-corrected chi connectivity index (χ1v) is 17.3. The molecule has 0 heterocycles. The number of hydrogen-bond donors (Lipinski definition) is 0. The molecule has 0 nitrogen and oxygen atoms in total. The molecule has 0 saturated heterocycles. The summed E-state index contributed by atoms with van der Waals surface area (Å²) in [5.41, 5.74) is 14.9. The Kier molecular flexibility index (Phi) is 9.69. The van der Waals surface area contributed by atoms with Gasteiger partial charge >= 0.3 is 254 Å². The van der Waals surface area contributed by atoms with E-state index in [4.69, 9.17) is 0 Å². The molecule has 0 aliphatic heterocycles. The van der Waals surface area contributed by atoms with Crippen molar-refractivity contribution < 1.29 is 48.0 Å². The fourth-order valence-electron chi connectivity index (χ4n) is 6.32. The molecule has 2 aliphatic rings. The Morgan fingerprint density at radius 3 is 1.76 bits per heavy atom. The molecule has 0 N–H and O–H groups in total. The Bertz CT molecular complexity index is 1620. The molecular formula is C39H40Cl2Zr. The summed E-state index contributed by atoms with van der Waals surface area (Å²) in [6.07, 6.45) is 2.52. The van der Waals surface area contributed by atoms with Crippen LogP contribution in [0.15, 0.2) is 97.1 Å². The number of allylic oxidation sites excluding steroid dienone is 2. The summed E-state index contributed by atoms with van der Waals surface area (Å²) in [5.74, 6) is 0.426. The van der Waals surface area contributed by atoms with E-state index in [0.717, 1.165) is 0 Å². The second kappa shape index (κ2) is 12.4. The zero-order valence-electron chi connectivity index (χ0n) is 25.7. The van der Waals surface area contributed by atoms with Crippen LogP contribution in [0.3, 0.4) is 0 Å². The number of fused-ring (bicyclic) bond motifs is 2. The first-order valence-electron chi connectivity index (χ1n) is 14.6. The minimum atomic E-state index is -1.14. The normalized spacial score (nSPS) is 17.5. The van der Waals surface area contributed by atoms with E-state index in [2.05, 4.69) is 152 Å². The molecule has 214 valence electrons. The minimum absolute atomic E-state index is 0. The van der Waals surface area contributed by atoms with Gasteiger partial charge in [0.2, 0.25) is 0 Å². The van der Waals surface area contributed by atoms with E-state index in [1.54, 1.807) is 8.85 Å². The topological polar surface area (TPSA) is 0 Å². The van der Waals surface area contributed by atoms with Crippen LogP contribution in [0.2, 0.25) is 0 Å². The zero-order chi connectivity index (χ0) is 28.2. The molecule has 0 amide bonds. The molecule has 42 heavy (non-hydrogen) atoms. The van der Waals surface area contributed by atoms with Crippen molar-refractivity contribution in [3.05, 3.63) is 142 Å². The maximum Gasteiger partial charge on any atom is -1.00 e. The molecule has 0 fully saturated rings. The van der Waals surface area contributed by atoms with Gasteiger partial charge in [0.15, 0.2) is 0 Å². The van der Waals surface area contributed by atoms with Crippen LogP contribution in [0.4, 0.5) is 0 Å². The van der Waals surface area contributed by atoms with Crippen LogP contribution in [-0.4, -0.2) is 0 Å². The van der Waals surface area contributed by atoms with Crippen molar-refractivity contribution in [2.75, 3.05) is 0 Å². The zero-order valence-corrected chi connectivity index (χ0v) is 29.7. The van der Waals surface area contributed by atoms with Gasteiger partial charge in [0, 0.05) is 0 Å². The van der Waals surface area contributed by atoms with Gasteiger partial charge in [-0.15, -0.1) is 0 Å². The average Bonchev–Trinajstić information content (AvgIpc) is 3.43. The van der Waals surface area contributed by atoms with Gasteiger partial charge in [-0.25, -0.2) is 0 Å². The molecule has 0 radical (unpaired) electrons. The average molecular weight is 671 g/mol. The third kappa shape index (κ3) is 6.08. The van der Waals surface area contributed by atoms with E-state index < -0.39 is 23.2 Å². The third-order valence-electron chi connectivity index (χ3n) is 8.70. The predicted molar refractivity (Wildman–Crippen MR) is 169 cm³/mol. The summed E-state index contributed by atoms with van der Waals surface area (Å²) in [7, 11) is 0. The van der Waals surface area contributed by atoms with E-state index in [1.807, 2.05) is 0 Å². The molecule has 0 spiro atoms. The largest absolute Gasteiger partial charge is 1.00 e. The Labute approximate surface area is 277 Å². The molecule has 3 heteroatoms. The maximum absolute atomic E-state index is 2.52. The van der Waals surface area contributed by atoms with E-state index >= 15 is 0 Å². The number of rotatable bonds is 4. The van der Waals surface area contributed by atoms with Gasteiger partial charge in [0.05, 0.1) is 0 Å². The van der Waals surface area contributed by atoms with Gasteiger partial charge < -0.3 is 24.8 Å². The third-order valence-corrected chi connectivity index (χ3v) is 13.0. The number of halogens is 2. The molecule has 0 saturated carbocycles. The first-order chi connectivity index (χ1) is 19.0. The van der Waals surface area contributed by atoms with E-state index in [9.17, 15) is 0 Å². The Hall–Kier alpha value is -2.18. The molecule has 4 aromatic carbocycles. The van der Waals surface area contributed by atoms with E-state index in [1.165, 1.54) is 50.1 Å². The van der Waals surface area contributed by atoms with Crippen molar-refractivity contribution in [1.82, 2.24) is 0 Å². The minimum Gasteiger partial charge on any atom is -1.00 e. The van der Waals surface area contributed by atoms with E-state index in [-0.39, 0.29) is 35.6 Å². The number of hydrogen-bond acceptors (Lipinski definition) is 0. The molecule has 2 aliphatic carbocycles. The fourth-order valence-corrected chi connectivity index (χ4v) is 11.3. The Balaban J connectivity index is 0.00000202. The molecular weight excluding hydrogens is 631 g/mol. The van der Waals surface area contributed by atoms with Crippen LogP contribution < -0.4 is 24.8 Å². The second-order valence-electron chi connectivity index (χ2n) is 13.6. The van der Waals surface area contributed by atoms with Gasteiger partial charge in [-0.05, 0) is 0 Å². The van der Waals surface area contributed by atoms with Crippen LogP contribution >= 0.6 is 0 Å². The van der Waals surface area contributed by atoms with Crippen LogP contribution in [-0.2, 0) is 34.1 Å². The van der Waals surface area contributed by atoms with Crippen LogP contribution in [0, 0.1) is 0 Å². The standard InChI is InChI=1S/C23H27.C16H13.2ClH.Zr/c1-22(2,3)20-13-19(14-21(15-20)23(4,5)6)18-11-16-9-7-8-10-17(16)12-18;1-12-15-10-6-5-9-14(15)11-16(12)13-7-3-2-4-8-13;;;/h7-15H,1-6H3;2-10,12H,1H3;2*1H;/q;;;;+2/p-2. The molecule has 2 atom stereocenters. The van der Waals surface area contributed by atoms with Gasteiger partial charge in [-0.3, -0.25) is 0 Å². The molecule has 4 aromatic rings. The van der Waals surface area contributed by atoms with Crippen LogP contribution in [0.25, 0.3) is 20.5 Å². The predicted octanol–water partition coefficient (Wildman–Crippen LogP) is 4.65. The summed E-state index contributed by atoms with van der Waals surface area (Å²) in [6.45, 7) is 16.5. The summed E-state index contributed by atoms with van der Waals surface area (Å²) >= 11 is -1.14. The maximum atomic E-state index is 2.52. The Morgan fingerprint density at radius 2 is 1.14 bits per heavy atom. The summed E-state index contributed by atoms with van der Waals surface area (Å²) in [6, 6.07) is 37.0. The second-order valence-corrected chi connectivity index (χ2v) is 16.9. The van der Waals surface area contributed by atoms with Gasteiger partial charge in [-0.1, -0.05) is 0 Å². The molecule has 2 unspecified atom stereocenters. The quantitative estimate of drug-likeness (QED) is 0.297.